The minimum Gasteiger partial charge on any atom is -0.492 e. The summed E-state index contributed by atoms with van der Waals surface area (Å²) in [5.41, 5.74) is 3.78. The van der Waals surface area contributed by atoms with E-state index in [-0.39, 0.29) is 56.1 Å². The Morgan fingerprint density at radius 3 is 2.35 bits per heavy atom. The van der Waals surface area contributed by atoms with Gasteiger partial charge in [0.15, 0.2) is 0 Å². The molecule has 2 aromatic carbocycles. The summed E-state index contributed by atoms with van der Waals surface area (Å²) in [5.74, 6) is -6.06. The Kier molecular flexibility index (Phi) is 21.3. The van der Waals surface area contributed by atoms with Crippen molar-refractivity contribution in [3.8, 4) is 17.6 Å². The molecule has 2 heterocycles. The zero-order chi connectivity index (χ0) is 51.4. The minimum absolute atomic E-state index is 0.0298. The first kappa shape index (κ1) is 55.5. The summed E-state index contributed by atoms with van der Waals surface area (Å²) in [5, 5.41) is 24.0. The molecule has 1 aromatic heterocycles. The first-order valence-electron chi connectivity index (χ1n) is 24.1. The third-order valence-corrected chi connectivity index (χ3v) is 12.4. The molecular formula is C49H64F3N9O9S. The number of carbonyl (C=O) groups is 5. The van der Waals surface area contributed by atoms with Crippen molar-refractivity contribution in [2.45, 2.75) is 109 Å². The number of unbranched alkanes of at least 4 members (excludes halogenated alkanes) is 2. The Labute approximate surface area is 412 Å². The Morgan fingerprint density at radius 2 is 1.66 bits per heavy atom. The van der Waals surface area contributed by atoms with Crippen LogP contribution in [0.5, 0.6) is 11.5 Å². The van der Waals surface area contributed by atoms with E-state index in [9.17, 15) is 50.3 Å². The zero-order valence-corrected chi connectivity index (χ0v) is 41.0. The fraction of sp³-hybridized carbons (Fsp3) is 0.531. The van der Waals surface area contributed by atoms with Crippen LogP contribution >= 0.6 is 0 Å². The van der Waals surface area contributed by atoms with Crippen LogP contribution in [0.2, 0.25) is 0 Å². The first-order chi connectivity index (χ1) is 34.0. The van der Waals surface area contributed by atoms with E-state index in [1.807, 2.05) is 0 Å². The number of carbonyl (C=O) groups excluding carboxylic acids is 5. The number of amides is 5. The molecule has 18 nitrogen and oxygen atoms in total. The summed E-state index contributed by atoms with van der Waals surface area (Å²) < 4.78 is 72.5. The molecule has 1 saturated carbocycles. The maximum absolute atomic E-state index is 13.9. The number of likely N-dealkylation sites (tertiary alicyclic amines) is 1. The average Bonchev–Trinajstić information content (AvgIpc) is 3.64. The monoisotopic (exact) mass is 1010 g/mol. The van der Waals surface area contributed by atoms with Gasteiger partial charge in [-0.2, -0.15) is 13.7 Å². The molecule has 2 unspecified atom stereocenters. The van der Waals surface area contributed by atoms with Crippen LogP contribution in [0, 0.1) is 11.3 Å². The molecular weight excluding hydrogens is 948 g/mol. The topological polar surface area (TPSA) is 241 Å². The van der Waals surface area contributed by atoms with Gasteiger partial charge in [0.2, 0.25) is 23.6 Å². The molecule has 1 aliphatic heterocycles. The van der Waals surface area contributed by atoms with Gasteiger partial charge in [-0.05, 0) is 106 Å². The maximum Gasteiger partial charge on any atom is 0.488 e. The maximum atomic E-state index is 13.9. The molecule has 2 atom stereocenters. The molecule has 5 rings (SSSR count). The number of aryl methyl sites for hydroxylation is 1. The lowest BCUT2D eigenvalue weighted by molar-refractivity contribution is -0.131. The van der Waals surface area contributed by atoms with Gasteiger partial charge in [-0.25, -0.2) is 8.78 Å². The van der Waals surface area contributed by atoms with E-state index in [0.29, 0.717) is 35.3 Å². The van der Waals surface area contributed by atoms with E-state index in [0.717, 1.165) is 56.6 Å². The van der Waals surface area contributed by atoms with Crippen molar-refractivity contribution in [1.29, 1.82) is 5.26 Å². The van der Waals surface area contributed by atoms with Gasteiger partial charge in [-0.15, -0.1) is 0 Å². The van der Waals surface area contributed by atoms with Gasteiger partial charge in [0.05, 0.1) is 36.8 Å². The second kappa shape index (κ2) is 27.2. The van der Waals surface area contributed by atoms with E-state index in [1.165, 1.54) is 66.7 Å². The van der Waals surface area contributed by atoms with E-state index < -0.39 is 71.6 Å². The third kappa shape index (κ3) is 18.3. The average molecular weight is 1010 g/mol. The van der Waals surface area contributed by atoms with Gasteiger partial charge in [0.1, 0.15) is 30.2 Å². The lowest BCUT2D eigenvalue weighted by Gasteiger charge is -2.29. The van der Waals surface area contributed by atoms with E-state index in [4.69, 9.17) is 4.74 Å². The molecule has 386 valence electrons. The number of aromatic nitrogens is 1. The molecule has 5 amide bonds. The van der Waals surface area contributed by atoms with E-state index >= 15 is 0 Å². The van der Waals surface area contributed by atoms with Crippen molar-refractivity contribution < 1.29 is 54.0 Å². The van der Waals surface area contributed by atoms with Crippen molar-refractivity contribution in [1.82, 2.24) is 41.4 Å². The second-order valence-electron chi connectivity index (χ2n) is 17.6. The van der Waals surface area contributed by atoms with Gasteiger partial charge >= 0.3 is 10.5 Å². The highest BCUT2D eigenvalue weighted by Gasteiger charge is 2.47. The zero-order valence-electron chi connectivity index (χ0n) is 40.2. The smallest absolute Gasteiger partial charge is 0.488 e. The summed E-state index contributed by atoms with van der Waals surface area (Å²) in [4.78, 5) is 73.3. The van der Waals surface area contributed by atoms with Crippen molar-refractivity contribution in [2.75, 3.05) is 59.0 Å². The Morgan fingerprint density at radius 1 is 0.915 bits per heavy atom. The molecule has 2 fully saturated rings. The summed E-state index contributed by atoms with van der Waals surface area (Å²) in [6, 6.07) is 10.8. The van der Waals surface area contributed by atoms with E-state index in [1.54, 1.807) is 18.2 Å². The fourth-order valence-electron chi connectivity index (χ4n) is 8.17. The van der Waals surface area contributed by atoms with Crippen LogP contribution in [0.25, 0.3) is 10.9 Å². The number of pyridine rings is 1. The number of nitrogens with zero attached hydrogens (tertiary/aromatic N) is 4. The lowest BCUT2D eigenvalue weighted by Crippen LogP contribution is -2.48. The highest BCUT2D eigenvalue weighted by molar-refractivity contribution is 7.81. The molecule has 5 N–H and O–H groups in total. The van der Waals surface area contributed by atoms with Crippen LogP contribution in [0.3, 0.4) is 0 Å². The normalized spacial score (nSPS) is 15.5. The second-order valence-corrected chi connectivity index (χ2v) is 18.5. The molecule has 71 heavy (non-hydrogen) atoms. The first-order valence-corrected chi connectivity index (χ1v) is 25.4. The van der Waals surface area contributed by atoms with Gasteiger partial charge in [0, 0.05) is 56.2 Å². The summed E-state index contributed by atoms with van der Waals surface area (Å²) >= 11 is 0. The number of halogens is 3. The molecule has 1 aliphatic carbocycles. The number of benzene rings is 2. The highest BCUT2D eigenvalue weighted by Crippen LogP contribution is 2.32. The standard InChI is InChI=1S/C49H64F3N9O9S/c1-3-5-6-26-60(25-4-2)32-43(35-8-7-9-35)55-22-23-56-44(62)19-17-42(59-45(63)18-12-34-10-13-37(14-11-34)70-71(52,67)68)48(66)57-24-27-69-38-15-16-41-40(28-38)39(20-21-54-41)47(65)58-31-46(64)61-33-49(50,51)29-36(61)30-53/h10-11,13-16,20-21,28,36,42,55H,3-9,12,17-19,22-27,29,31-33H2,1-2H3,(H,56,62)(H,57,66)(H,58,65)(H,59,63). The van der Waals surface area contributed by atoms with Crippen molar-refractivity contribution in [3.05, 3.63) is 77.1 Å². The number of rotatable bonds is 29. The number of hydrogen-bond acceptors (Lipinski definition) is 13. The molecule has 1 saturated heterocycles. The molecule has 0 radical (unpaired) electrons. The molecule has 0 bridgehead atoms. The lowest BCUT2D eigenvalue weighted by atomic mass is 9.90. The van der Waals surface area contributed by atoms with Crippen LogP contribution < -0.4 is 35.5 Å². The summed E-state index contributed by atoms with van der Waals surface area (Å²) in [6.07, 6.45) is 8.46. The van der Waals surface area contributed by atoms with Crippen LogP contribution in [0.1, 0.15) is 100 Å². The van der Waals surface area contributed by atoms with Crippen molar-refractivity contribution in [3.63, 3.8) is 0 Å². The number of nitrogens with one attached hydrogen (secondary N) is 5. The van der Waals surface area contributed by atoms with Crippen LogP contribution in [0.15, 0.2) is 66.0 Å². The van der Waals surface area contributed by atoms with Crippen LogP contribution in [-0.4, -0.2) is 130 Å². The van der Waals surface area contributed by atoms with Crippen LogP contribution in [-0.2, 0) is 36.1 Å². The molecule has 0 spiro atoms. The van der Waals surface area contributed by atoms with E-state index in [2.05, 4.69) is 54.5 Å². The predicted molar refractivity (Wildman–Crippen MR) is 258 cm³/mol. The largest absolute Gasteiger partial charge is 0.492 e. The predicted octanol–water partition coefficient (Wildman–Crippen LogP) is 4.76. The summed E-state index contributed by atoms with van der Waals surface area (Å²) in [6.45, 7) is 6.52. The number of fused-ring (bicyclic) bond motifs is 1. The van der Waals surface area contributed by atoms with Gasteiger partial charge in [-0.3, -0.25) is 33.9 Å². The van der Waals surface area contributed by atoms with Crippen LogP contribution in [0.4, 0.5) is 12.7 Å². The number of ether oxygens (including phenoxy) is 1. The fourth-order valence-corrected chi connectivity index (χ4v) is 8.51. The van der Waals surface area contributed by atoms with Crippen molar-refractivity contribution in [2.24, 2.45) is 0 Å². The van der Waals surface area contributed by atoms with Gasteiger partial charge in [-0.1, -0.05) is 42.7 Å². The Bertz CT molecular complexity index is 2500. The summed E-state index contributed by atoms with van der Waals surface area (Å²) in [7, 11) is -5.21. The number of allylic oxidation sites excluding steroid dienone is 1. The number of hydrogen-bond donors (Lipinski definition) is 5. The minimum atomic E-state index is -5.21. The van der Waals surface area contributed by atoms with Gasteiger partial charge < -0.3 is 40.4 Å². The molecule has 2 aliphatic rings. The Hall–Kier alpha value is -6.47. The number of alkyl halides is 2. The quantitative estimate of drug-likeness (QED) is 0.0467. The van der Waals surface area contributed by atoms with Gasteiger partial charge in [0.25, 0.3) is 11.8 Å². The third-order valence-electron chi connectivity index (χ3n) is 12.0. The van der Waals surface area contributed by atoms with Crippen molar-refractivity contribution >= 4 is 50.9 Å². The molecule has 3 aromatic rings. The highest BCUT2D eigenvalue weighted by atomic mass is 32.3. The SMILES string of the molecule is CCCCCN(CCC)CC(NCCNC(=O)CCC(NC(=O)CCc1ccc(OS(=O)(=O)F)cc1)C(=O)NCCOc1ccc2nccc(C(=O)NCC(=O)N3CC(F)(F)CC3C#N)c2c1)=C1CCC1. The number of nitriles is 1. The molecule has 22 heteroatoms. The Balaban J connectivity index is 1.14.